The summed E-state index contributed by atoms with van der Waals surface area (Å²) < 4.78 is 2.39. The lowest BCUT2D eigenvalue weighted by atomic mass is 9.91. The summed E-state index contributed by atoms with van der Waals surface area (Å²) in [5.74, 6) is 1.77. The van der Waals surface area contributed by atoms with Gasteiger partial charge in [0.25, 0.3) is 11.5 Å². The van der Waals surface area contributed by atoms with E-state index < -0.39 is 0 Å². The van der Waals surface area contributed by atoms with Crippen molar-refractivity contribution in [3.05, 3.63) is 31.9 Å². The zero-order chi connectivity index (χ0) is 27.8. The van der Waals surface area contributed by atoms with Gasteiger partial charge in [-0.05, 0) is 49.7 Å². The van der Waals surface area contributed by atoms with Crippen molar-refractivity contribution in [2.45, 2.75) is 99.0 Å². The number of rotatable bonds is 12. The van der Waals surface area contributed by atoms with E-state index in [-0.39, 0.29) is 17.0 Å². The molecule has 2 atom stereocenters. The Balaban J connectivity index is 2.02. The molecule has 208 valence electrons. The van der Waals surface area contributed by atoms with Crippen LogP contribution in [-0.4, -0.2) is 39.3 Å². The normalized spacial score (nSPS) is 21.0. The van der Waals surface area contributed by atoms with Gasteiger partial charge in [0.2, 0.25) is 0 Å². The smallest absolute Gasteiger partial charge is 0.270 e. The lowest BCUT2D eigenvalue weighted by Crippen LogP contribution is -2.43. The predicted molar refractivity (Wildman–Crippen MR) is 163 cm³/mol. The molecule has 2 saturated heterocycles. The van der Waals surface area contributed by atoms with Crippen LogP contribution < -0.4 is 10.5 Å². The van der Waals surface area contributed by atoms with E-state index in [0.29, 0.717) is 39.7 Å². The predicted octanol–water partition coefficient (Wildman–Crippen LogP) is 6.87. The molecule has 0 N–H and O–H groups in total. The number of nitrogens with zero attached hydrogens (tertiary/aromatic N) is 4. The highest BCUT2D eigenvalue weighted by Crippen LogP contribution is 2.37. The molecule has 1 aromatic heterocycles. The van der Waals surface area contributed by atoms with Gasteiger partial charge in [-0.2, -0.15) is 5.26 Å². The molecule has 0 spiro atoms. The molecule has 2 unspecified atom stereocenters. The van der Waals surface area contributed by atoms with Crippen LogP contribution in [0.15, 0.2) is 9.70 Å². The Morgan fingerprint density at radius 2 is 1.63 bits per heavy atom. The van der Waals surface area contributed by atoms with Gasteiger partial charge in [-0.15, -0.1) is 0 Å². The highest BCUT2D eigenvalue weighted by Gasteiger charge is 2.34. The quantitative estimate of drug-likeness (QED) is 0.159. The Morgan fingerprint density at radius 3 is 2.26 bits per heavy atom. The van der Waals surface area contributed by atoms with E-state index in [1.807, 2.05) is 13.0 Å². The topological polar surface area (TPSA) is 69.3 Å². The van der Waals surface area contributed by atoms with Crippen molar-refractivity contribution in [2.24, 2.45) is 11.8 Å². The fourth-order valence-electron chi connectivity index (χ4n) is 5.72. The summed E-state index contributed by atoms with van der Waals surface area (Å²) in [5, 5.41) is 9.93. The average Bonchev–Trinajstić information content (AvgIpc) is 3.13. The number of amides is 1. The molecule has 0 radical (unpaired) electrons. The molecule has 0 saturated carbocycles. The van der Waals surface area contributed by atoms with Crippen LogP contribution in [0.3, 0.4) is 0 Å². The van der Waals surface area contributed by atoms with Gasteiger partial charge in [0, 0.05) is 31.7 Å². The fourth-order valence-corrected chi connectivity index (χ4v) is 7.01. The number of anilines is 1. The minimum absolute atomic E-state index is 0.0656. The first-order valence-corrected chi connectivity index (χ1v) is 15.6. The van der Waals surface area contributed by atoms with E-state index in [0.717, 1.165) is 56.6 Å². The van der Waals surface area contributed by atoms with Crippen molar-refractivity contribution < 1.29 is 4.79 Å². The number of hydrogen-bond acceptors (Lipinski definition) is 6. The lowest BCUT2D eigenvalue weighted by molar-refractivity contribution is -0.122. The van der Waals surface area contributed by atoms with Crippen molar-refractivity contribution in [3.63, 3.8) is 0 Å². The molecule has 2 aliphatic rings. The van der Waals surface area contributed by atoms with Crippen LogP contribution >= 0.6 is 24.0 Å². The first-order valence-electron chi connectivity index (χ1n) is 14.4. The molecule has 2 fully saturated rings. The minimum atomic E-state index is -0.230. The maximum atomic E-state index is 13.5. The molecule has 0 aliphatic carbocycles. The van der Waals surface area contributed by atoms with Crippen molar-refractivity contribution in [3.8, 4) is 6.07 Å². The number of aromatic nitrogens is 1. The molecule has 8 heteroatoms. The van der Waals surface area contributed by atoms with Crippen molar-refractivity contribution in [1.29, 1.82) is 5.26 Å². The monoisotopic (exact) mass is 556 g/mol. The minimum Gasteiger partial charge on any atom is -0.357 e. The molecule has 3 heterocycles. The molecule has 1 aromatic rings. The number of piperidine rings is 1. The molecule has 6 nitrogen and oxygen atoms in total. The van der Waals surface area contributed by atoms with Crippen LogP contribution in [0.5, 0.6) is 0 Å². The van der Waals surface area contributed by atoms with Gasteiger partial charge in [0.15, 0.2) is 0 Å². The standard InChI is InChI=1S/C30H44N4O2S2/c1-6-8-10-11-12-13-15-34-29(36)26(38-30(34)37)17-24-23(5)25(18-31)28(35)33(14-9-7-2)27(24)32-19-21(3)16-22(4)20-32/h17,21-22H,6-16,19-20H2,1-5H3/b26-17-. The summed E-state index contributed by atoms with van der Waals surface area (Å²) in [6.45, 7) is 13.5. The maximum Gasteiger partial charge on any atom is 0.270 e. The summed E-state index contributed by atoms with van der Waals surface area (Å²) >= 11 is 6.95. The molecule has 0 bridgehead atoms. The highest BCUT2D eigenvalue weighted by molar-refractivity contribution is 8.26. The SMILES string of the molecule is CCCCCCCCN1C(=O)/C(=C/c2c(C)c(C#N)c(=O)n(CCCC)c2N2CC(C)CC(C)C2)SC1=S. The van der Waals surface area contributed by atoms with Crippen LogP contribution in [0.1, 0.15) is 102 Å². The number of unbranched alkanes of at least 4 members (excludes halogenated alkanes) is 6. The van der Waals surface area contributed by atoms with E-state index in [9.17, 15) is 14.9 Å². The number of thioether (sulfide) groups is 1. The van der Waals surface area contributed by atoms with E-state index in [2.05, 4.69) is 38.7 Å². The molecule has 2 aliphatic heterocycles. The third-order valence-electron chi connectivity index (χ3n) is 7.63. The molecular formula is C30H44N4O2S2. The highest BCUT2D eigenvalue weighted by atomic mass is 32.2. The maximum absolute atomic E-state index is 13.5. The lowest BCUT2D eigenvalue weighted by Gasteiger charge is -2.39. The summed E-state index contributed by atoms with van der Waals surface area (Å²) in [4.78, 5) is 31.6. The molecule has 3 rings (SSSR count). The Morgan fingerprint density at radius 1 is 1.00 bits per heavy atom. The van der Waals surface area contributed by atoms with Gasteiger partial charge >= 0.3 is 0 Å². The number of hydrogen-bond donors (Lipinski definition) is 0. The third kappa shape index (κ3) is 7.09. The van der Waals surface area contributed by atoms with Crippen LogP contribution in [0.4, 0.5) is 5.82 Å². The van der Waals surface area contributed by atoms with Gasteiger partial charge in [0.1, 0.15) is 21.8 Å². The number of nitriles is 1. The second-order valence-corrected chi connectivity index (χ2v) is 12.8. The van der Waals surface area contributed by atoms with E-state index in [1.54, 1.807) is 9.47 Å². The summed E-state index contributed by atoms with van der Waals surface area (Å²) in [7, 11) is 0. The van der Waals surface area contributed by atoms with Gasteiger partial charge in [-0.1, -0.05) is 90.2 Å². The first-order chi connectivity index (χ1) is 18.2. The Kier molecular flexibility index (Phi) is 11.5. The van der Waals surface area contributed by atoms with E-state index in [4.69, 9.17) is 12.2 Å². The summed E-state index contributed by atoms with van der Waals surface area (Å²) in [6, 6.07) is 2.16. The molecule has 1 amide bonds. The largest absolute Gasteiger partial charge is 0.357 e. The van der Waals surface area contributed by atoms with Gasteiger partial charge in [0.05, 0.1) is 4.91 Å². The first kappa shape index (κ1) is 30.4. The van der Waals surface area contributed by atoms with Crippen LogP contribution in [0.25, 0.3) is 6.08 Å². The van der Waals surface area contributed by atoms with Gasteiger partial charge in [-0.3, -0.25) is 19.1 Å². The summed E-state index contributed by atoms with van der Waals surface area (Å²) in [5.41, 5.74) is 1.38. The molecule has 0 aromatic carbocycles. The van der Waals surface area contributed by atoms with Gasteiger partial charge in [-0.25, -0.2) is 0 Å². The zero-order valence-corrected chi connectivity index (χ0v) is 25.5. The third-order valence-corrected chi connectivity index (χ3v) is 9.01. The molecule has 38 heavy (non-hydrogen) atoms. The van der Waals surface area contributed by atoms with E-state index >= 15 is 0 Å². The zero-order valence-electron chi connectivity index (χ0n) is 23.8. The molecular weight excluding hydrogens is 512 g/mol. The van der Waals surface area contributed by atoms with Crippen molar-refractivity contribution >= 4 is 46.1 Å². The average molecular weight is 557 g/mol. The van der Waals surface area contributed by atoms with Crippen molar-refractivity contribution in [2.75, 3.05) is 24.5 Å². The Bertz CT molecular complexity index is 1140. The van der Waals surface area contributed by atoms with Crippen molar-refractivity contribution in [1.82, 2.24) is 9.47 Å². The van der Waals surface area contributed by atoms with Crippen LogP contribution in [-0.2, 0) is 11.3 Å². The second-order valence-electron chi connectivity index (χ2n) is 11.1. The van der Waals surface area contributed by atoms with E-state index in [1.165, 1.54) is 37.4 Å². The number of thiocarbonyl (C=S) groups is 1. The Labute approximate surface area is 238 Å². The van der Waals surface area contributed by atoms with Crippen LogP contribution in [0, 0.1) is 30.1 Å². The second kappa shape index (κ2) is 14.3. The number of pyridine rings is 1. The fraction of sp³-hybridized carbons (Fsp3) is 0.667. The number of carbonyl (C=O) groups is 1. The van der Waals surface area contributed by atoms with Gasteiger partial charge < -0.3 is 4.90 Å². The number of carbonyl (C=O) groups excluding carboxylic acids is 1. The van der Waals surface area contributed by atoms with Crippen LogP contribution in [0.2, 0.25) is 0 Å². The Hall–Kier alpha value is -2.11. The summed E-state index contributed by atoms with van der Waals surface area (Å²) in [6.07, 6.45) is 11.8.